The summed E-state index contributed by atoms with van der Waals surface area (Å²) >= 11 is 0. The van der Waals surface area contributed by atoms with Crippen molar-refractivity contribution in [2.24, 2.45) is 4.99 Å². The highest BCUT2D eigenvalue weighted by atomic mass is 19.4. The molecule has 2 heterocycles. The van der Waals surface area contributed by atoms with Gasteiger partial charge in [0, 0.05) is 23.9 Å². The van der Waals surface area contributed by atoms with E-state index in [9.17, 15) is 18.0 Å². The summed E-state index contributed by atoms with van der Waals surface area (Å²) in [5.74, 6) is 0.576. The zero-order chi connectivity index (χ0) is 22.0. The van der Waals surface area contributed by atoms with Gasteiger partial charge >= 0.3 is 6.18 Å². The standard InChI is InChI=1S/C21H18F3N5O2/c1-31-16-8-6-15(7-9-16)29-17(12-18(28-29)21(22,23)24)20(30)27-14-4-2-13(3-5-14)19-25-10-11-26-19/h2-9,12H,10-11H2,1H3,(H,25,26)(H,27,30). The normalized spacial score (nSPS) is 13.5. The first kappa shape index (κ1) is 20.5. The van der Waals surface area contributed by atoms with Crippen LogP contribution in [-0.4, -0.2) is 41.7 Å². The van der Waals surface area contributed by atoms with Gasteiger partial charge in [0.25, 0.3) is 5.91 Å². The maximum absolute atomic E-state index is 13.3. The molecule has 1 amide bonds. The van der Waals surface area contributed by atoms with E-state index < -0.39 is 17.8 Å². The molecule has 10 heteroatoms. The van der Waals surface area contributed by atoms with Crippen molar-refractivity contribution in [3.05, 3.63) is 71.5 Å². The lowest BCUT2D eigenvalue weighted by molar-refractivity contribution is -0.141. The first-order valence-electron chi connectivity index (χ1n) is 9.37. The van der Waals surface area contributed by atoms with Gasteiger partial charge in [-0.1, -0.05) is 0 Å². The smallest absolute Gasteiger partial charge is 0.435 e. The van der Waals surface area contributed by atoms with Gasteiger partial charge in [-0.3, -0.25) is 9.79 Å². The Morgan fingerprint density at radius 3 is 2.42 bits per heavy atom. The Morgan fingerprint density at radius 2 is 1.84 bits per heavy atom. The molecule has 1 aliphatic rings. The summed E-state index contributed by atoms with van der Waals surface area (Å²) in [6, 6.07) is 13.8. The van der Waals surface area contributed by atoms with E-state index in [2.05, 4.69) is 20.7 Å². The topological polar surface area (TPSA) is 80.5 Å². The molecule has 0 fully saturated rings. The third kappa shape index (κ3) is 4.37. The summed E-state index contributed by atoms with van der Waals surface area (Å²) in [6.07, 6.45) is -4.69. The van der Waals surface area contributed by atoms with Crippen LogP contribution in [0.3, 0.4) is 0 Å². The molecular weight excluding hydrogens is 411 g/mol. The molecular formula is C21H18F3N5O2. The van der Waals surface area contributed by atoms with Crippen molar-refractivity contribution in [2.75, 3.05) is 25.5 Å². The van der Waals surface area contributed by atoms with Crippen molar-refractivity contribution in [1.82, 2.24) is 15.1 Å². The van der Waals surface area contributed by atoms with Gasteiger partial charge in [0.15, 0.2) is 5.69 Å². The highest BCUT2D eigenvalue weighted by Crippen LogP contribution is 2.30. The maximum atomic E-state index is 13.3. The molecule has 7 nitrogen and oxygen atoms in total. The lowest BCUT2D eigenvalue weighted by Gasteiger charge is -2.10. The molecule has 0 spiro atoms. The Bertz CT molecular complexity index is 1120. The van der Waals surface area contributed by atoms with E-state index in [1.807, 2.05) is 0 Å². The van der Waals surface area contributed by atoms with Crippen molar-refractivity contribution in [3.8, 4) is 11.4 Å². The predicted molar refractivity (Wildman–Crippen MR) is 109 cm³/mol. The summed E-state index contributed by atoms with van der Waals surface area (Å²) in [6.45, 7) is 1.47. The largest absolute Gasteiger partial charge is 0.497 e. The van der Waals surface area contributed by atoms with Crippen molar-refractivity contribution in [2.45, 2.75) is 6.18 Å². The number of alkyl halides is 3. The summed E-state index contributed by atoms with van der Waals surface area (Å²) in [5, 5.41) is 9.37. The Balaban J connectivity index is 1.62. The number of aliphatic imine (C=N–C) groups is 1. The van der Waals surface area contributed by atoms with E-state index >= 15 is 0 Å². The molecule has 0 bridgehead atoms. The number of carbonyl (C=O) groups is 1. The lowest BCUT2D eigenvalue weighted by atomic mass is 10.2. The van der Waals surface area contributed by atoms with Crippen LogP contribution in [0.1, 0.15) is 21.7 Å². The average molecular weight is 429 g/mol. The van der Waals surface area contributed by atoms with Crippen molar-refractivity contribution in [3.63, 3.8) is 0 Å². The predicted octanol–water partition coefficient (Wildman–Crippen LogP) is 3.50. The number of hydrogen-bond acceptors (Lipinski definition) is 5. The van der Waals surface area contributed by atoms with Gasteiger partial charge in [-0.05, 0) is 48.5 Å². The molecule has 0 aliphatic carbocycles. The molecule has 2 N–H and O–H groups in total. The molecule has 0 saturated carbocycles. The zero-order valence-electron chi connectivity index (χ0n) is 16.4. The number of amides is 1. The number of hydrogen-bond donors (Lipinski definition) is 2. The fraction of sp³-hybridized carbons (Fsp3) is 0.190. The van der Waals surface area contributed by atoms with E-state index in [4.69, 9.17) is 4.74 Å². The molecule has 31 heavy (non-hydrogen) atoms. The molecule has 1 aliphatic heterocycles. The highest BCUT2D eigenvalue weighted by molar-refractivity contribution is 6.04. The first-order chi connectivity index (χ1) is 14.8. The fourth-order valence-electron chi connectivity index (χ4n) is 3.10. The van der Waals surface area contributed by atoms with E-state index in [-0.39, 0.29) is 5.69 Å². The van der Waals surface area contributed by atoms with Crippen molar-refractivity contribution >= 4 is 17.4 Å². The van der Waals surface area contributed by atoms with Crippen LogP contribution in [0.25, 0.3) is 5.69 Å². The number of ether oxygens (including phenoxy) is 1. The van der Waals surface area contributed by atoms with Crippen LogP contribution in [0.4, 0.5) is 18.9 Å². The lowest BCUT2D eigenvalue weighted by Crippen LogP contribution is -2.19. The first-order valence-corrected chi connectivity index (χ1v) is 9.37. The third-order valence-corrected chi connectivity index (χ3v) is 4.64. The van der Waals surface area contributed by atoms with Gasteiger partial charge in [0.1, 0.15) is 17.3 Å². The molecule has 0 radical (unpaired) electrons. The van der Waals surface area contributed by atoms with Crippen LogP contribution in [0.15, 0.2) is 59.6 Å². The van der Waals surface area contributed by atoms with Gasteiger partial charge in [0.2, 0.25) is 0 Å². The number of amidine groups is 1. The van der Waals surface area contributed by atoms with E-state index in [1.165, 1.54) is 19.2 Å². The minimum atomic E-state index is -4.69. The number of nitrogens with one attached hydrogen (secondary N) is 2. The fourth-order valence-corrected chi connectivity index (χ4v) is 3.10. The summed E-state index contributed by atoms with van der Waals surface area (Å²) in [7, 11) is 1.48. The minimum Gasteiger partial charge on any atom is -0.497 e. The van der Waals surface area contributed by atoms with E-state index in [1.54, 1.807) is 36.4 Å². The van der Waals surface area contributed by atoms with Crippen LogP contribution < -0.4 is 15.4 Å². The van der Waals surface area contributed by atoms with E-state index in [0.29, 0.717) is 23.7 Å². The van der Waals surface area contributed by atoms with Gasteiger partial charge in [-0.25, -0.2) is 4.68 Å². The number of benzene rings is 2. The average Bonchev–Trinajstić information content (AvgIpc) is 3.44. The minimum absolute atomic E-state index is 0.247. The van der Waals surface area contributed by atoms with Gasteiger partial charge in [-0.2, -0.15) is 18.3 Å². The Kier molecular flexibility index (Phi) is 5.37. The molecule has 3 aromatic rings. The molecule has 0 unspecified atom stereocenters. The van der Waals surface area contributed by atoms with E-state index in [0.717, 1.165) is 28.7 Å². The molecule has 2 aromatic carbocycles. The van der Waals surface area contributed by atoms with Crippen molar-refractivity contribution in [1.29, 1.82) is 0 Å². The highest BCUT2D eigenvalue weighted by Gasteiger charge is 2.36. The number of halogens is 3. The van der Waals surface area contributed by atoms with Gasteiger partial charge in [-0.15, -0.1) is 0 Å². The Morgan fingerprint density at radius 1 is 1.13 bits per heavy atom. The number of carbonyl (C=O) groups excluding carboxylic acids is 1. The summed E-state index contributed by atoms with van der Waals surface area (Å²) in [4.78, 5) is 17.1. The summed E-state index contributed by atoms with van der Waals surface area (Å²) in [5.41, 5.74) is 0.182. The zero-order valence-corrected chi connectivity index (χ0v) is 16.4. The number of rotatable bonds is 5. The quantitative estimate of drug-likeness (QED) is 0.651. The van der Waals surface area contributed by atoms with Crippen LogP contribution in [0.2, 0.25) is 0 Å². The van der Waals surface area contributed by atoms with Gasteiger partial charge in [0.05, 0.1) is 19.3 Å². The molecule has 1 aromatic heterocycles. The molecule has 4 rings (SSSR count). The number of methoxy groups -OCH3 is 1. The van der Waals surface area contributed by atoms with Crippen LogP contribution >= 0.6 is 0 Å². The Labute approximate surface area is 175 Å². The SMILES string of the molecule is COc1ccc(-n2nc(C(F)(F)F)cc2C(=O)Nc2ccc(C3=NCCN3)cc2)cc1. The van der Waals surface area contributed by atoms with Crippen molar-refractivity contribution < 1.29 is 22.7 Å². The second kappa shape index (κ2) is 8.13. The van der Waals surface area contributed by atoms with Crippen LogP contribution in [0, 0.1) is 0 Å². The molecule has 0 atom stereocenters. The van der Waals surface area contributed by atoms with Gasteiger partial charge < -0.3 is 15.4 Å². The van der Waals surface area contributed by atoms with Crippen LogP contribution in [-0.2, 0) is 6.18 Å². The number of nitrogens with zero attached hydrogens (tertiary/aromatic N) is 3. The monoisotopic (exact) mass is 429 g/mol. The van der Waals surface area contributed by atoms with Crippen LogP contribution in [0.5, 0.6) is 5.75 Å². The molecule has 160 valence electrons. The summed E-state index contributed by atoms with van der Waals surface area (Å²) < 4.78 is 45.8. The third-order valence-electron chi connectivity index (χ3n) is 4.64. The number of aromatic nitrogens is 2. The second-order valence-electron chi connectivity index (χ2n) is 6.71. The Hall–Kier alpha value is -3.82. The molecule has 0 saturated heterocycles. The maximum Gasteiger partial charge on any atom is 0.435 e. The second-order valence-corrected chi connectivity index (χ2v) is 6.71. The number of anilines is 1.